The van der Waals surface area contributed by atoms with Crippen molar-refractivity contribution in [1.82, 2.24) is 10.6 Å². The minimum atomic E-state index is -0.0298. The third-order valence-electron chi connectivity index (χ3n) is 5.63. The van der Waals surface area contributed by atoms with E-state index < -0.39 is 0 Å². The predicted molar refractivity (Wildman–Crippen MR) is 132 cm³/mol. The van der Waals surface area contributed by atoms with E-state index in [1.807, 2.05) is 0 Å². The number of ether oxygens (including phenoxy) is 2. The molecule has 0 aliphatic carbocycles. The smallest absolute Gasteiger partial charge is 0.251 e. The molecule has 0 aliphatic rings. The normalized spacial score (nSPS) is 10.5. The maximum Gasteiger partial charge on any atom is 0.251 e. The van der Waals surface area contributed by atoms with Crippen molar-refractivity contribution < 1.29 is 19.1 Å². The number of hydrogen-bond acceptors (Lipinski definition) is 4. The highest BCUT2D eigenvalue weighted by Gasteiger charge is 2.05. The first kappa shape index (κ1) is 26.2. The van der Waals surface area contributed by atoms with Crippen LogP contribution in [0.25, 0.3) is 0 Å². The van der Waals surface area contributed by atoms with E-state index in [2.05, 4.69) is 10.6 Å². The van der Waals surface area contributed by atoms with E-state index in [4.69, 9.17) is 9.47 Å². The molecule has 0 unspecified atom stereocenters. The van der Waals surface area contributed by atoms with E-state index >= 15 is 0 Å². The quantitative estimate of drug-likeness (QED) is 0.334. The lowest BCUT2D eigenvalue weighted by Gasteiger charge is -2.07. The van der Waals surface area contributed by atoms with Gasteiger partial charge in [-0.2, -0.15) is 0 Å². The standard InChI is InChI=1S/C27H38N2O4/c1-32-24-16-12-22(13-17-24)26(30)28-20-10-8-6-4-3-5-7-9-11-21-29-27(31)23-14-18-25(33-2)19-15-23/h12-19H,3-11,20-21H2,1-2H3,(H,28,30)(H,29,31). The van der Waals surface area contributed by atoms with Gasteiger partial charge in [0.15, 0.2) is 0 Å². The van der Waals surface area contributed by atoms with Crippen molar-refractivity contribution in [3.63, 3.8) is 0 Å². The molecule has 180 valence electrons. The van der Waals surface area contributed by atoms with Crippen molar-refractivity contribution in [2.75, 3.05) is 27.3 Å². The maximum absolute atomic E-state index is 12.1. The van der Waals surface area contributed by atoms with Crippen molar-refractivity contribution >= 4 is 11.8 Å². The number of unbranched alkanes of at least 4 members (excludes halogenated alkanes) is 8. The lowest BCUT2D eigenvalue weighted by atomic mass is 10.1. The van der Waals surface area contributed by atoms with Crippen molar-refractivity contribution in [1.29, 1.82) is 0 Å². The molecule has 2 N–H and O–H groups in total. The van der Waals surface area contributed by atoms with Crippen LogP contribution < -0.4 is 20.1 Å². The van der Waals surface area contributed by atoms with Gasteiger partial charge in [0.25, 0.3) is 11.8 Å². The summed E-state index contributed by atoms with van der Waals surface area (Å²) < 4.78 is 10.2. The zero-order chi connectivity index (χ0) is 23.7. The number of rotatable bonds is 16. The summed E-state index contributed by atoms with van der Waals surface area (Å²) in [4.78, 5) is 24.2. The second kappa shape index (κ2) is 15.7. The molecule has 0 radical (unpaired) electrons. The number of hydrogen-bond donors (Lipinski definition) is 2. The Balaban J connectivity index is 1.38. The van der Waals surface area contributed by atoms with Crippen molar-refractivity contribution in [3.05, 3.63) is 59.7 Å². The van der Waals surface area contributed by atoms with Crippen molar-refractivity contribution in [2.45, 2.75) is 57.8 Å². The van der Waals surface area contributed by atoms with Crippen LogP contribution in [0.2, 0.25) is 0 Å². The predicted octanol–water partition coefficient (Wildman–Crippen LogP) is 5.37. The number of carbonyl (C=O) groups excluding carboxylic acids is 2. The second-order valence-corrected chi connectivity index (χ2v) is 8.15. The summed E-state index contributed by atoms with van der Waals surface area (Å²) in [7, 11) is 3.23. The van der Waals surface area contributed by atoms with Crippen LogP contribution in [0, 0.1) is 0 Å². The molecular formula is C27H38N2O4. The molecule has 0 heterocycles. The molecule has 33 heavy (non-hydrogen) atoms. The lowest BCUT2D eigenvalue weighted by Crippen LogP contribution is -2.24. The molecule has 0 saturated heterocycles. The summed E-state index contributed by atoms with van der Waals surface area (Å²) in [5, 5.41) is 5.95. The highest BCUT2D eigenvalue weighted by atomic mass is 16.5. The molecule has 0 spiro atoms. The van der Waals surface area contributed by atoms with Crippen LogP contribution in [0.15, 0.2) is 48.5 Å². The van der Waals surface area contributed by atoms with E-state index in [0.717, 1.165) is 37.2 Å². The molecule has 6 nitrogen and oxygen atoms in total. The number of amides is 2. The molecule has 0 aromatic heterocycles. The van der Waals surface area contributed by atoms with Gasteiger partial charge in [-0.15, -0.1) is 0 Å². The first-order valence-corrected chi connectivity index (χ1v) is 12.0. The fraction of sp³-hybridized carbons (Fsp3) is 0.481. The number of methoxy groups -OCH3 is 2. The lowest BCUT2D eigenvalue weighted by molar-refractivity contribution is 0.0944. The molecular weight excluding hydrogens is 416 g/mol. The Morgan fingerprint density at radius 2 is 0.848 bits per heavy atom. The van der Waals surface area contributed by atoms with Crippen molar-refractivity contribution in [3.8, 4) is 11.5 Å². The minimum absolute atomic E-state index is 0.0298. The van der Waals surface area contributed by atoms with Crippen LogP contribution >= 0.6 is 0 Å². The van der Waals surface area contributed by atoms with Gasteiger partial charge in [0.05, 0.1) is 14.2 Å². The molecule has 0 aliphatic heterocycles. The SMILES string of the molecule is COc1ccc(C(=O)NCCCCCCCCCCCNC(=O)c2ccc(OC)cc2)cc1. The molecule has 2 aromatic carbocycles. The first-order valence-electron chi connectivity index (χ1n) is 12.0. The minimum Gasteiger partial charge on any atom is -0.497 e. The Kier molecular flexibility index (Phi) is 12.5. The third kappa shape index (κ3) is 10.4. The van der Waals surface area contributed by atoms with E-state index in [1.54, 1.807) is 62.8 Å². The van der Waals surface area contributed by atoms with Gasteiger partial charge in [-0.05, 0) is 61.4 Å². The Hall–Kier alpha value is -3.02. The average Bonchev–Trinajstić information content (AvgIpc) is 2.86. The molecule has 0 atom stereocenters. The molecule has 0 saturated carbocycles. The zero-order valence-corrected chi connectivity index (χ0v) is 20.0. The summed E-state index contributed by atoms with van der Waals surface area (Å²) in [5.74, 6) is 1.45. The monoisotopic (exact) mass is 454 g/mol. The van der Waals surface area contributed by atoms with Gasteiger partial charge in [-0.3, -0.25) is 9.59 Å². The molecule has 6 heteroatoms. The first-order chi connectivity index (χ1) is 16.1. The van der Waals surface area contributed by atoms with Crippen LogP contribution in [0.1, 0.15) is 78.5 Å². The number of nitrogens with one attached hydrogen (secondary N) is 2. The molecule has 2 aromatic rings. The fourth-order valence-corrected chi connectivity index (χ4v) is 3.58. The summed E-state index contributed by atoms with van der Waals surface area (Å²) in [5.41, 5.74) is 1.33. The highest BCUT2D eigenvalue weighted by Crippen LogP contribution is 2.13. The average molecular weight is 455 g/mol. The highest BCUT2D eigenvalue weighted by molar-refractivity contribution is 5.94. The molecule has 0 bridgehead atoms. The molecule has 2 amide bonds. The number of carbonyl (C=O) groups is 2. The largest absolute Gasteiger partial charge is 0.497 e. The summed E-state index contributed by atoms with van der Waals surface area (Å²) in [6.07, 6.45) is 10.4. The molecule has 2 rings (SSSR count). The van der Waals surface area contributed by atoms with Crippen LogP contribution in [0.5, 0.6) is 11.5 Å². The van der Waals surface area contributed by atoms with E-state index in [9.17, 15) is 9.59 Å². The maximum atomic E-state index is 12.1. The topological polar surface area (TPSA) is 76.7 Å². The Bertz CT molecular complexity index is 750. The van der Waals surface area contributed by atoms with Gasteiger partial charge >= 0.3 is 0 Å². The summed E-state index contributed by atoms with van der Waals surface area (Å²) in [6, 6.07) is 14.3. The molecule has 0 fully saturated rings. The summed E-state index contributed by atoms with van der Waals surface area (Å²) >= 11 is 0. The van der Waals surface area contributed by atoms with Crippen LogP contribution in [0.4, 0.5) is 0 Å². The van der Waals surface area contributed by atoms with Gasteiger partial charge in [0.2, 0.25) is 0 Å². The van der Waals surface area contributed by atoms with Gasteiger partial charge in [-0.1, -0.05) is 44.9 Å². The Labute approximate surface area is 198 Å². The summed E-state index contributed by atoms with van der Waals surface area (Å²) in [6.45, 7) is 1.43. The van der Waals surface area contributed by atoms with Crippen LogP contribution in [-0.2, 0) is 0 Å². The van der Waals surface area contributed by atoms with E-state index in [-0.39, 0.29) is 11.8 Å². The van der Waals surface area contributed by atoms with Gasteiger partial charge in [0, 0.05) is 24.2 Å². The number of benzene rings is 2. The van der Waals surface area contributed by atoms with Crippen LogP contribution in [-0.4, -0.2) is 39.1 Å². The Morgan fingerprint density at radius 1 is 0.545 bits per heavy atom. The van der Waals surface area contributed by atoms with Gasteiger partial charge in [0.1, 0.15) is 11.5 Å². The second-order valence-electron chi connectivity index (χ2n) is 8.15. The van der Waals surface area contributed by atoms with Crippen molar-refractivity contribution in [2.24, 2.45) is 0 Å². The fourth-order valence-electron chi connectivity index (χ4n) is 3.58. The van der Waals surface area contributed by atoms with E-state index in [0.29, 0.717) is 24.2 Å². The third-order valence-corrected chi connectivity index (χ3v) is 5.63. The van der Waals surface area contributed by atoms with Gasteiger partial charge < -0.3 is 20.1 Å². The van der Waals surface area contributed by atoms with E-state index in [1.165, 1.54) is 32.1 Å². The van der Waals surface area contributed by atoms with Crippen LogP contribution in [0.3, 0.4) is 0 Å². The van der Waals surface area contributed by atoms with Gasteiger partial charge in [-0.25, -0.2) is 0 Å². The zero-order valence-electron chi connectivity index (χ0n) is 20.0. The Morgan fingerprint density at radius 3 is 1.15 bits per heavy atom.